The summed E-state index contributed by atoms with van der Waals surface area (Å²) in [6, 6.07) is 13.3. The van der Waals surface area contributed by atoms with Crippen molar-refractivity contribution < 1.29 is 9.53 Å². The molecule has 154 valence electrons. The van der Waals surface area contributed by atoms with Gasteiger partial charge < -0.3 is 15.4 Å². The van der Waals surface area contributed by atoms with Gasteiger partial charge in [-0.2, -0.15) is 10.1 Å². The molecular weight excluding hydrogens is 378 g/mol. The van der Waals surface area contributed by atoms with Gasteiger partial charge in [-0.05, 0) is 57.0 Å². The van der Waals surface area contributed by atoms with E-state index >= 15 is 0 Å². The summed E-state index contributed by atoms with van der Waals surface area (Å²) in [5, 5.41) is 10.6. The maximum absolute atomic E-state index is 13.4. The van der Waals surface area contributed by atoms with Crippen molar-refractivity contribution in [2.45, 2.75) is 33.7 Å². The van der Waals surface area contributed by atoms with Gasteiger partial charge in [0.25, 0.3) is 5.91 Å². The van der Waals surface area contributed by atoms with E-state index in [1.807, 2.05) is 64.1 Å². The second-order valence-electron chi connectivity index (χ2n) is 7.37. The van der Waals surface area contributed by atoms with E-state index in [0.717, 1.165) is 33.8 Å². The van der Waals surface area contributed by atoms with E-state index in [2.05, 4.69) is 26.8 Å². The zero-order chi connectivity index (χ0) is 21.3. The van der Waals surface area contributed by atoms with Crippen LogP contribution in [0.5, 0.6) is 5.75 Å². The van der Waals surface area contributed by atoms with Crippen LogP contribution in [0, 0.1) is 13.8 Å². The predicted octanol–water partition coefficient (Wildman–Crippen LogP) is 4.22. The number of hydrogen-bond acceptors (Lipinski definition) is 5. The molecule has 4 rings (SSSR count). The molecule has 0 aliphatic carbocycles. The number of aromatic nitrogens is 3. The summed E-state index contributed by atoms with van der Waals surface area (Å²) in [5.41, 5.74) is 5.23. The molecule has 2 heterocycles. The predicted molar refractivity (Wildman–Crippen MR) is 117 cm³/mol. The summed E-state index contributed by atoms with van der Waals surface area (Å²) in [6.45, 7) is 8.45. The van der Waals surface area contributed by atoms with Crippen LogP contribution in [0.4, 0.5) is 11.6 Å². The van der Waals surface area contributed by atoms with Crippen LogP contribution in [0.2, 0.25) is 0 Å². The number of allylic oxidation sites excluding steroid dienone is 1. The van der Waals surface area contributed by atoms with Gasteiger partial charge in [-0.15, -0.1) is 0 Å². The molecule has 30 heavy (non-hydrogen) atoms. The van der Waals surface area contributed by atoms with Crippen molar-refractivity contribution in [3.63, 3.8) is 0 Å². The molecule has 1 atom stereocenters. The molecule has 1 amide bonds. The van der Waals surface area contributed by atoms with Crippen molar-refractivity contribution >= 4 is 17.5 Å². The number of carbonyl (C=O) groups is 1. The van der Waals surface area contributed by atoms with Gasteiger partial charge in [-0.25, -0.2) is 4.68 Å². The molecule has 0 saturated carbocycles. The molecule has 1 aliphatic rings. The summed E-state index contributed by atoms with van der Waals surface area (Å²) < 4.78 is 7.30. The standard InChI is InChI=1S/C23H25N5O2/c1-5-30-18-9-7-17(8-10-18)21-20(16(4)26-23-24-13-25-28(21)23)22(29)27-19-11-6-14(2)12-15(19)3/h6-13,21H,5H2,1-4H3,(H,27,29)(H,24,25,26)/t21-/m0/s1. The average Bonchev–Trinajstić information content (AvgIpc) is 3.18. The van der Waals surface area contributed by atoms with E-state index in [-0.39, 0.29) is 5.91 Å². The van der Waals surface area contributed by atoms with Crippen LogP contribution in [-0.2, 0) is 4.79 Å². The molecule has 0 radical (unpaired) electrons. The number of rotatable bonds is 5. The van der Waals surface area contributed by atoms with Crippen molar-refractivity contribution in [1.29, 1.82) is 0 Å². The molecule has 2 aromatic carbocycles. The third kappa shape index (κ3) is 3.66. The lowest BCUT2D eigenvalue weighted by Crippen LogP contribution is -2.31. The van der Waals surface area contributed by atoms with Crippen LogP contribution in [0.1, 0.15) is 36.6 Å². The van der Waals surface area contributed by atoms with Gasteiger partial charge in [0, 0.05) is 11.4 Å². The second-order valence-corrected chi connectivity index (χ2v) is 7.37. The largest absolute Gasteiger partial charge is 0.494 e. The zero-order valence-electron chi connectivity index (χ0n) is 17.6. The van der Waals surface area contributed by atoms with Crippen LogP contribution in [-0.4, -0.2) is 27.3 Å². The Morgan fingerprint density at radius 2 is 1.93 bits per heavy atom. The Morgan fingerprint density at radius 1 is 1.17 bits per heavy atom. The minimum Gasteiger partial charge on any atom is -0.494 e. The van der Waals surface area contributed by atoms with E-state index in [4.69, 9.17) is 4.74 Å². The SMILES string of the molecule is CCOc1ccc([C@H]2C(C(=O)Nc3ccc(C)cc3C)=C(C)Nc3ncnn32)cc1. The molecule has 0 fully saturated rings. The highest BCUT2D eigenvalue weighted by Crippen LogP contribution is 2.36. The number of anilines is 2. The first-order chi connectivity index (χ1) is 14.5. The van der Waals surface area contributed by atoms with E-state index in [1.54, 1.807) is 4.68 Å². The molecule has 1 aliphatic heterocycles. The minimum atomic E-state index is -0.398. The Balaban J connectivity index is 1.72. The van der Waals surface area contributed by atoms with Gasteiger partial charge in [0.2, 0.25) is 5.95 Å². The van der Waals surface area contributed by atoms with Crippen molar-refractivity contribution in [1.82, 2.24) is 14.8 Å². The smallest absolute Gasteiger partial charge is 0.255 e. The van der Waals surface area contributed by atoms with Gasteiger partial charge in [-0.1, -0.05) is 29.8 Å². The number of carbonyl (C=O) groups excluding carboxylic acids is 1. The van der Waals surface area contributed by atoms with Crippen LogP contribution in [0.15, 0.2) is 60.1 Å². The lowest BCUT2D eigenvalue weighted by molar-refractivity contribution is -0.113. The van der Waals surface area contributed by atoms with Crippen LogP contribution >= 0.6 is 0 Å². The number of hydrogen-bond donors (Lipinski definition) is 2. The molecule has 0 saturated heterocycles. The van der Waals surface area contributed by atoms with Gasteiger partial charge in [0.1, 0.15) is 18.1 Å². The fourth-order valence-corrected chi connectivity index (χ4v) is 3.75. The normalized spacial score (nSPS) is 15.4. The van der Waals surface area contributed by atoms with E-state index < -0.39 is 6.04 Å². The molecular formula is C23H25N5O2. The molecule has 7 heteroatoms. The molecule has 0 unspecified atom stereocenters. The summed E-state index contributed by atoms with van der Waals surface area (Å²) in [4.78, 5) is 17.7. The number of ether oxygens (including phenoxy) is 1. The Hall–Kier alpha value is -3.61. The topological polar surface area (TPSA) is 81.1 Å². The monoisotopic (exact) mass is 403 g/mol. The van der Waals surface area contributed by atoms with Gasteiger partial charge in [-0.3, -0.25) is 4.79 Å². The van der Waals surface area contributed by atoms with Crippen LogP contribution in [0.3, 0.4) is 0 Å². The van der Waals surface area contributed by atoms with Crippen molar-refractivity contribution in [3.05, 3.63) is 76.8 Å². The van der Waals surface area contributed by atoms with E-state index in [1.165, 1.54) is 6.33 Å². The van der Waals surface area contributed by atoms with E-state index in [9.17, 15) is 4.79 Å². The summed E-state index contributed by atoms with van der Waals surface area (Å²) >= 11 is 0. The number of nitrogens with one attached hydrogen (secondary N) is 2. The highest BCUT2D eigenvalue weighted by molar-refractivity contribution is 6.06. The molecule has 1 aromatic heterocycles. The summed E-state index contributed by atoms with van der Waals surface area (Å²) in [6.07, 6.45) is 1.49. The lowest BCUT2D eigenvalue weighted by atomic mass is 9.94. The average molecular weight is 403 g/mol. The summed E-state index contributed by atoms with van der Waals surface area (Å²) in [7, 11) is 0. The zero-order valence-corrected chi connectivity index (χ0v) is 17.6. The highest BCUT2D eigenvalue weighted by atomic mass is 16.5. The number of nitrogens with zero attached hydrogens (tertiary/aromatic N) is 3. The Kier molecular flexibility index (Phi) is 5.27. The van der Waals surface area contributed by atoms with Crippen molar-refractivity contribution in [3.8, 4) is 5.75 Å². The van der Waals surface area contributed by atoms with Gasteiger partial charge in [0.05, 0.1) is 12.2 Å². The second kappa shape index (κ2) is 8.02. The van der Waals surface area contributed by atoms with Crippen LogP contribution in [0.25, 0.3) is 0 Å². The first-order valence-corrected chi connectivity index (χ1v) is 9.96. The lowest BCUT2D eigenvalue weighted by Gasteiger charge is -2.29. The Bertz CT molecular complexity index is 1110. The van der Waals surface area contributed by atoms with Crippen molar-refractivity contribution in [2.24, 2.45) is 0 Å². The third-order valence-electron chi connectivity index (χ3n) is 5.18. The van der Waals surface area contributed by atoms with Crippen molar-refractivity contribution in [2.75, 3.05) is 17.2 Å². The van der Waals surface area contributed by atoms with Gasteiger partial charge >= 0.3 is 0 Å². The number of benzene rings is 2. The highest BCUT2D eigenvalue weighted by Gasteiger charge is 2.33. The van der Waals surface area contributed by atoms with E-state index in [0.29, 0.717) is 18.1 Å². The number of amides is 1. The van der Waals surface area contributed by atoms with Crippen LogP contribution < -0.4 is 15.4 Å². The quantitative estimate of drug-likeness (QED) is 0.667. The Labute approximate surface area is 175 Å². The minimum absolute atomic E-state index is 0.174. The molecule has 7 nitrogen and oxygen atoms in total. The fourth-order valence-electron chi connectivity index (χ4n) is 3.75. The molecule has 0 bridgehead atoms. The third-order valence-corrected chi connectivity index (χ3v) is 5.18. The number of aryl methyl sites for hydroxylation is 2. The first-order valence-electron chi connectivity index (χ1n) is 9.96. The molecule has 3 aromatic rings. The first kappa shape index (κ1) is 19.7. The maximum atomic E-state index is 13.4. The van der Waals surface area contributed by atoms with Gasteiger partial charge in [0.15, 0.2) is 0 Å². The maximum Gasteiger partial charge on any atom is 0.255 e. The number of fused-ring (bicyclic) bond motifs is 1. The molecule has 0 spiro atoms. The fraction of sp³-hybridized carbons (Fsp3) is 0.261. The molecule has 2 N–H and O–H groups in total. The Morgan fingerprint density at radius 3 is 2.63 bits per heavy atom. The summed E-state index contributed by atoms with van der Waals surface area (Å²) in [5.74, 6) is 1.22.